The summed E-state index contributed by atoms with van der Waals surface area (Å²) in [6.07, 6.45) is -0.922. The van der Waals surface area contributed by atoms with E-state index in [4.69, 9.17) is 0 Å². The smallest absolute Gasteiger partial charge is 0.422 e. The van der Waals surface area contributed by atoms with Crippen molar-refractivity contribution in [3.8, 4) is 5.75 Å². The highest BCUT2D eigenvalue weighted by molar-refractivity contribution is 7.90. The fraction of sp³-hybridized carbons (Fsp3) is 0.538. The average molecular weight is 352 g/mol. The second-order valence-corrected chi connectivity index (χ2v) is 7.03. The van der Waals surface area contributed by atoms with E-state index in [1.165, 1.54) is 6.07 Å². The first-order valence-electron chi connectivity index (χ1n) is 6.86. The predicted molar refractivity (Wildman–Crippen MR) is 74.4 cm³/mol. The van der Waals surface area contributed by atoms with Crippen molar-refractivity contribution in [1.29, 1.82) is 0 Å². The van der Waals surface area contributed by atoms with E-state index in [1.54, 1.807) is 0 Å². The molecular weight excluding hydrogens is 337 g/mol. The first-order valence-corrected chi connectivity index (χ1v) is 8.51. The summed E-state index contributed by atoms with van der Waals surface area (Å²) >= 11 is 0. The van der Waals surface area contributed by atoms with Gasteiger partial charge >= 0.3 is 6.18 Å². The van der Waals surface area contributed by atoms with Crippen molar-refractivity contribution in [2.24, 2.45) is 5.92 Å². The number of carbonyl (C=O) groups excluding carboxylic acids is 1. The van der Waals surface area contributed by atoms with Gasteiger partial charge in [-0.25, -0.2) is 18.1 Å². The van der Waals surface area contributed by atoms with Crippen LogP contribution in [0.1, 0.15) is 29.8 Å². The molecule has 0 aliphatic heterocycles. The number of nitrogens with zero attached hydrogens (tertiary/aromatic N) is 1. The molecule has 0 atom stereocenters. The molecule has 6 nitrogen and oxygen atoms in total. The fourth-order valence-corrected chi connectivity index (χ4v) is 3.45. The summed E-state index contributed by atoms with van der Waals surface area (Å²) in [5.41, 5.74) is -0.506. The van der Waals surface area contributed by atoms with E-state index < -0.39 is 40.2 Å². The monoisotopic (exact) mass is 352 g/mol. The van der Waals surface area contributed by atoms with Crippen LogP contribution in [0.4, 0.5) is 13.2 Å². The van der Waals surface area contributed by atoms with Gasteiger partial charge in [0.05, 0.1) is 5.75 Å². The normalized spacial score (nSPS) is 15.8. The van der Waals surface area contributed by atoms with E-state index in [0.717, 1.165) is 31.5 Å². The Morgan fingerprint density at radius 3 is 2.65 bits per heavy atom. The van der Waals surface area contributed by atoms with Gasteiger partial charge in [0.2, 0.25) is 10.0 Å². The summed E-state index contributed by atoms with van der Waals surface area (Å²) in [6, 6.07) is 2.40. The van der Waals surface area contributed by atoms with Gasteiger partial charge in [-0.2, -0.15) is 13.2 Å². The lowest BCUT2D eigenvalue weighted by Gasteiger charge is -2.24. The quantitative estimate of drug-likeness (QED) is 0.845. The largest absolute Gasteiger partial charge is 0.482 e. The molecule has 1 aromatic rings. The van der Waals surface area contributed by atoms with Crippen molar-refractivity contribution >= 4 is 15.9 Å². The van der Waals surface area contributed by atoms with E-state index >= 15 is 0 Å². The molecule has 1 fully saturated rings. The molecule has 1 aliphatic carbocycles. The minimum atomic E-state index is -4.58. The highest BCUT2D eigenvalue weighted by Gasteiger charge is 2.30. The Hall–Kier alpha value is -1.84. The Labute approximate surface area is 131 Å². The summed E-state index contributed by atoms with van der Waals surface area (Å²) in [7, 11) is -3.87. The van der Waals surface area contributed by atoms with Gasteiger partial charge in [0.15, 0.2) is 18.1 Å². The lowest BCUT2D eigenvalue weighted by molar-refractivity contribution is -0.153. The second-order valence-electron chi connectivity index (χ2n) is 5.26. The SMILES string of the molecule is O=C(NS(=O)(=O)CC1CCC1)c1ncccc1OCC(F)(F)F. The van der Waals surface area contributed by atoms with Crippen LogP contribution in [0.3, 0.4) is 0 Å². The molecule has 0 spiro atoms. The van der Waals surface area contributed by atoms with Gasteiger partial charge in [-0.15, -0.1) is 0 Å². The first kappa shape index (κ1) is 17.5. The maximum atomic E-state index is 12.2. The summed E-state index contributed by atoms with van der Waals surface area (Å²) in [4.78, 5) is 15.6. The Kier molecular flexibility index (Phi) is 5.12. The molecule has 0 radical (unpaired) electrons. The molecule has 1 N–H and O–H groups in total. The molecule has 1 saturated carbocycles. The van der Waals surface area contributed by atoms with Crippen LogP contribution in [-0.2, 0) is 10.0 Å². The van der Waals surface area contributed by atoms with E-state index in [2.05, 4.69) is 9.72 Å². The van der Waals surface area contributed by atoms with Crippen LogP contribution >= 0.6 is 0 Å². The molecule has 0 unspecified atom stereocenters. The highest BCUT2D eigenvalue weighted by atomic mass is 32.2. The zero-order valence-corrected chi connectivity index (χ0v) is 12.8. The predicted octanol–water partition coefficient (Wildman–Crippen LogP) is 1.88. The van der Waals surface area contributed by atoms with Gasteiger partial charge < -0.3 is 4.74 Å². The number of rotatable bonds is 6. The zero-order chi connectivity index (χ0) is 17.1. The van der Waals surface area contributed by atoms with E-state index in [1.807, 2.05) is 4.72 Å². The van der Waals surface area contributed by atoms with Crippen molar-refractivity contribution in [2.45, 2.75) is 25.4 Å². The summed E-state index contributed by atoms with van der Waals surface area (Å²) in [5.74, 6) is -1.72. The standard InChI is InChI=1S/C13H15F3N2O4S/c14-13(15,16)8-22-10-5-2-6-17-11(10)12(19)18-23(20,21)7-9-3-1-4-9/h2,5-6,9H,1,3-4,7-8H2,(H,18,19). The number of ether oxygens (including phenoxy) is 1. The Bertz CT molecular complexity index is 672. The summed E-state index contributed by atoms with van der Waals surface area (Å²) < 4.78 is 66.6. The molecule has 2 rings (SSSR count). The Balaban J connectivity index is 2.06. The van der Waals surface area contributed by atoms with Crippen molar-refractivity contribution in [1.82, 2.24) is 9.71 Å². The van der Waals surface area contributed by atoms with Crippen LogP contribution in [0, 0.1) is 5.92 Å². The third-order valence-corrected chi connectivity index (χ3v) is 4.71. The molecule has 1 heterocycles. The van der Waals surface area contributed by atoms with Crippen LogP contribution < -0.4 is 9.46 Å². The van der Waals surface area contributed by atoms with Crippen molar-refractivity contribution in [3.05, 3.63) is 24.0 Å². The molecule has 1 aromatic heterocycles. The average Bonchev–Trinajstić information content (AvgIpc) is 2.40. The number of pyridine rings is 1. The van der Waals surface area contributed by atoms with Gasteiger partial charge in [0, 0.05) is 6.20 Å². The molecular formula is C13H15F3N2O4S. The molecule has 1 aliphatic rings. The Morgan fingerprint density at radius 2 is 2.09 bits per heavy atom. The summed E-state index contributed by atoms with van der Waals surface area (Å²) in [5, 5.41) is 0. The molecule has 0 bridgehead atoms. The number of nitrogens with one attached hydrogen (secondary N) is 1. The van der Waals surface area contributed by atoms with E-state index in [9.17, 15) is 26.4 Å². The van der Waals surface area contributed by atoms with Crippen LogP contribution in [0.15, 0.2) is 18.3 Å². The number of aromatic nitrogens is 1. The van der Waals surface area contributed by atoms with Gasteiger partial charge in [-0.1, -0.05) is 6.42 Å². The van der Waals surface area contributed by atoms with Gasteiger partial charge in [0.25, 0.3) is 5.91 Å². The van der Waals surface area contributed by atoms with E-state index in [-0.39, 0.29) is 11.7 Å². The number of halogens is 3. The Morgan fingerprint density at radius 1 is 1.39 bits per heavy atom. The highest BCUT2D eigenvalue weighted by Crippen LogP contribution is 2.27. The van der Waals surface area contributed by atoms with Crippen LogP contribution in [0.2, 0.25) is 0 Å². The fourth-order valence-electron chi connectivity index (χ4n) is 2.04. The van der Waals surface area contributed by atoms with Crippen molar-refractivity contribution in [3.63, 3.8) is 0 Å². The van der Waals surface area contributed by atoms with Gasteiger partial charge in [-0.05, 0) is 30.9 Å². The maximum Gasteiger partial charge on any atom is 0.422 e. The molecule has 10 heteroatoms. The molecule has 1 amide bonds. The number of hydrogen-bond donors (Lipinski definition) is 1. The molecule has 128 valence electrons. The second kappa shape index (κ2) is 6.73. The maximum absolute atomic E-state index is 12.2. The van der Waals surface area contributed by atoms with Crippen LogP contribution in [-0.4, -0.2) is 37.8 Å². The number of hydrogen-bond acceptors (Lipinski definition) is 5. The van der Waals surface area contributed by atoms with Gasteiger partial charge in [-0.3, -0.25) is 4.79 Å². The third-order valence-electron chi connectivity index (χ3n) is 3.31. The molecule has 0 saturated heterocycles. The first-order chi connectivity index (χ1) is 10.7. The lowest BCUT2D eigenvalue weighted by atomic mass is 9.87. The molecule has 0 aromatic carbocycles. The topological polar surface area (TPSA) is 85.4 Å². The lowest BCUT2D eigenvalue weighted by Crippen LogP contribution is -2.37. The zero-order valence-electron chi connectivity index (χ0n) is 12.0. The minimum absolute atomic E-state index is 0.00461. The molecule has 23 heavy (non-hydrogen) atoms. The number of carbonyl (C=O) groups is 1. The van der Waals surface area contributed by atoms with Crippen LogP contribution in [0.25, 0.3) is 0 Å². The van der Waals surface area contributed by atoms with Crippen molar-refractivity contribution in [2.75, 3.05) is 12.4 Å². The number of alkyl halides is 3. The number of sulfonamides is 1. The van der Waals surface area contributed by atoms with Crippen LogP contribution in [0.5, 0.6) is 5.75 Å². The third kappa shape index (κ3) is 5.38. The minimum Gasteiger partial charge on any atom is -0.482 e. The van der Waals surface area contributed by atoms with Gasteiger partial charge in [0.1, 0.15) is 0 Å². The van der Waals surface area contributed by atoms with E-state index in [0.29, 0.717) is 0 Å². The van der Waals surface area contributed by atoms with Crippen molar-refractivity contribution < 1.29 is 31.1 Å². The summed E-state index contributed by atoms with van der Waals surface area (Å²) in [6.45, 7) is -1.60. The number of amides is 1.